The number of hydrogen-bond acceptors (Lipinski definition) is 2. The highest BCUT2D eigenvalue weighted by atomic mass is 35.5. The smallest absolute Gasteiger partial charge is 0.113 e. The minimum atomic E-state index is 0.694. The Labute approximate surface area is 103 Å². The first kappa shape index (κ1) is 10.4. The Morgan fingerprint density at radius 1 is 1.41 bits per heavy atom. The van der Waals surface area contributed by atoms with Gasteiger partial charge in [0.25, 0.3) is 0 Å². The van der Waals surface area contributed by atoms with E-state index in [1.54, 1.807) is 10.9 Å². The van der Waals surface area contributed by atoms with Crippen LogP contribution in [0.2, 0.25) is 5.02 Å². The lowest BCUT2D eigenvalue weighted by Crippen LogP contribution is -2.01. The van der Waals surface area contributed by atoms with Gasteiger partial charge >= 0.3 is 0 Å². The summed E-state index contributed by atoms with van der Waals surface area (Å²) in [7, 11) is 0. The molecular weight excluding hydrogens is 236 g/mol. The van der Waals surface area contributed by atoms with Gasteiger partial charge in [-0.1, -0.05) is 11.6 Å². The van der Waals surface area contributed by atoms with E-state index in [4.69, 9.17) is 11.6 Å². The predicted molar refractivity (Wildman–Crippen MR) is 66.5 cm³/mol. The van der Waals surface area contributed by atoms with Gasteiger partial charge in [0.05, 0.1) is 22.4 Å². The fraction of sp³-hybridized carbons (Fsp3) is 0.167. The highest BCUT2D eigenvalue weighted by molar-refractivity contribution is 6.34. The molecule has 4 nitrogen and oxygen atoms in total. The van der Waals surface area contributed by atoms with E-state index in [0.717, 1.165) is 27.8 Å². The van der Waals surface area contributed by atoms with Crippen LogP contribution in [0.5, 0.6) is 0 Å². The molecule has 1 aromatic carbocycles. The van der Waals surface area contributed by atoms with Crippen molar-refractivity contribution >= 4 is 22.5 Å². The molecule has 5 heteroatoms. The van der Waals surface area contributed by atoms with Crippen LogP contribution in [0, 0.1) is 20.0 Å². The number of benzene rings is 1. The Kier molecular flexibility index (Phi) is 2.19. The van der Waals surface area contributed by atoms with E-state index in [1.807, 2.05) is 26.0 Å². The van der Waals surface area contributed by atoms with E-state index >= 15 is 0 Å². The zero-order valence-corrected chi connectivity index (χ0v) is 10.2. The average Bonchev–Trinajstić information content (AvgIpc) is 2.89. The summed E-state index contributed by atoms with van der Waals surface area (Å²) in [6.07, 6.45) is 4.58. The molecule has 2 aromatic heterocycles. The van der Waals surface area contributed by atoms with Crippen LogP contribution in [0.4, 0.5) is 0 Å². The number of rotatable bonds is 1. The van der Waals surface area contributed by atoms with Crippen molar-refractivity contribution in [1.82, 2.24) is 20.0 Å². The third-order valence-electron chi connectivity index (χ3n) is 2.82. The third-order valence-corrected chi connectivity index (χ3v) is 3.29. The lowest BCUT2D eigenvalue weighted by Gasteiger charge is -2.10. The largest absolute Gasteiger partial charge is 0.278 e. The molecular formula is C12H10ClN4. The number of aryl methyl sites for hydroxylation is 2. The van der Waals surface area contributed by atoms with Gasteiger partial charge in [-0.2, -0.15) is 10.2 Å². The Balaban J connectivity index is 2.45. The number of halogens is 1. The van der Waals surface area contributed by atoms with Gasteiger partial charge in [0.2, 0.25) is 0 Å². The van der Waals surface area contributed by atoms with E-state index in [1.165, 1.54) is 0 Å². The van der Waals surface area contributed by atoms with E-state index in [0.29, 0.717) is 5.02 Å². The lowest BCUT2D eigenvalue weighted by molar-refractivity contribution is 0.850. The standard InChI is InChI=1S/C12H10ClN4/c1-7-5-10-9(6-14-16-10)12(11(7)13)17-8(2)3-4-15-17/h3,5-6H,1-2H3,(H,14,16). The summed E-state index contributed by atoms with van der Waals surface area (Å²) < 4.78 is 1.78. The number of H-pyrrole nitrogens is 1. The summed E-state index contributed by atoms with van der Waals surface area (Å²) in [5.41, 5.74) is 3.79. The molecule has 0 bridgehead atoms. The fourth-order valence-electron chi connectivity index (χ4n) is 1.93. The average molecular weight is 246 g/mol. The highest BCUT2D eigenvalue weighted by Gasteiger charge is 2.14. The van der Waals surface area contributed by atoms with Crippen LogP contribution in [0.25, 0.3) is 16.6 Å². The quantitative estimate of drug-likeness (QED) is 0.717. The molecule has 0 aliphatic heterocycles. The second-order valence-electron chi connectivity index (χ2n) is 4.01. The van der Waals surface area contributed by atoms with E-state index in [9.17, 15) is 0 Å². The van der Waals surface area contributed by atoms with Crippen molar-refractivity contribution in [1.29, 1.82) is 0 Å². The van der Waals surface area contributed by atoms with Crippen LogP contribution in [-0.2, 0) is 0 Å². The molecule has 3 aromatic rings. The topological polar surface area (TPSA) is 46.5 Å². The van der Waals surface area contributed by atoms with Crippen LogP contribution >= 0.6 is 11.6 Å². The maximum atomic E-state index is 6.38. The summed E-state index contributed by atoms with van der Waals surface area (Å²) in [6, 6.07) is 3.81. The summed E-state index contributed by atoms with van der Waals surface area (Å²) in [6.45, 7) is 3.93. The van der Waals surface area contributed by atoms with Gasteiger partial charge in [0.1, 0.15) is 6.20 Å². The van der Waals surface area contributed by atoms with Crippen LogP contribution < -0.4 is 0 Å². The Morgan fingerprint density at radius 2 is 2.24 bits per heavy atom. The normalized spacial score (nSPS) is 11.2. The number of aromatic nitrogens is 4. The van der Waals surface area contributed by atoms with Crippen molar-refractivity contribution in [3.63, 3.8) is 0 Å². The monoisotopic (exact) mass is 245 g/mol. The molecule has 2 heterocycles. The Morgan fingerprint density at radius 3 is 2.94 bits per heavy atom. The molecule has 0 unspecified atom stereocenters. The molecule has 3 rings (SSSR count). The summed E-state index contributed by atoms with van der Waals surface area (Å²) in [4.78, 5) is 0. The first-order valence-electron chi connectivity index (χ1n) is 5.23. The zero-order chi connectivity index (χ0) is 12.0. The molecule has 0 saturated heterocycles. The van der Waals surface area contributed by atoms with Crippen LogP contribution in [0.3, 0.4) is 0 Å². The fourth-order valence-corrected chi connectivity index (χ4v) is 2.17. The van der Waals surface area contributed by atoms with Crippen LogP contribution in [0.15, 0.2) is 18.3 Å². The van der Waals surface area contributed by atoms with Gasteiger partial charge in [0.15, 0.2) is 0 Å². The van der Waals surface area contributed by atoms with Crippen molar-refractivity contribution in [3.05, 3.63) is 40.8 Å². The molecule has 0 fully saturated rings. The number of fused-ring (bicyclic) bond motifs is 1. The molecule has 17 heavy (non-hydrogen) atoms. The summed E-state index contributed by atoms with van der Waals surface area (Å²) in [5.74, 6) is 0. The Hall–Kier alpha value is -1.81. The van der Waals surface area contributed by atoms with Gasteiger partial charge in [-0.05, 0) is 31.5 Å². The first-order valence-corrected chi connectivity index (χ1v) is 5.61. The van der Waals surface area contributed by atoms with E-state index < -0.39 is 0 Å². The highest BCUT2D eigenvalue weighted by Crippen LogP contribution is 2.31. The van der Waals surface area contributed by atoms with E-state index in [2.05, 4.69) is 21.5 Å². The maximum Gasteiger partial charge on any atom is 0.113 e. The van der Waals surface area contributed by atoms with Crippen LogP contribution in [0.1, 0.15) is 11.3 Å². The summed E-state index contributed by atoms with van der Waals surface area (Å²) >= 11 is 6.38. The lowest BCUT2D eigenvalue weighted by atomic mass is 10.1. The molecule has 0 aliphatic rings. The van der Waals surface area contributed by atoms with Gasteiger partial charge in [-0.25, -0.2) is 4.68 Å². The SMILES string of the molecule is Cc1cc2[nH]ncc2c(-n2n[c]cc2C)c1Cl. The van der Waals surface area contributed by atoms with Gasteiger partial charge in [0, 0.05) is 11.1 Å². The van der Waals surface area contributed by atoms with Crippen molar-refractivity contribution in [3.8, 4) is 5.69 Å². The van der Waals surface area contributed by atoms with Gasteiger partial charge < -0.3 is 0 Å². The zero-order valence-electron chi connectivity index (χ0n) is 9.45. The maximum absolute atomic E-state index is 6.38. The van der Waals surface area contributed by atoms with Crippen molar-refractivity contribution in [2.45, 2.75) is 13.8 Å². The second-order valence-corrected chi connectivity index (χ2v) is 4.39. The molecule has 0 atom stereocenters. The third kappa shape index (κ3) is 1.45. The predicted octanol–water partition coefficient (Wildman–Crippen LogP) is 2.82. The summed E-state index contributed by atoms with van der Waals surface area (Å²) in [5, 5.41) is 12.8. The van der Waals surface area contributed by atoms with Crippen LogP contribution in [-0.4, -0.2) is 20.0 Å². The Bertz CT molecular complexity index is 696. The van der Waals surface area contributed by atoms with Crippen molar-refractivity contribution in [2.75, 3.05) is 0 Å². The molecule has 0 saturated carbocycles. The molecule has 1 N–H and O–H groups in total. The van der Waals surface area contributed by atoms with Gasteiger partial charge in [-0.15, -0.1) is 0 Å². The molecule has 1 radical (unpaired) electrons. The molecule has 0 spiro atoms. The number of nitrogens with one attached hydrogen (secondary N) is 1. The van der Waals surface area contributed by atoms with E-state index in [-0.39, 0.29) is 0 Å². The number of aromatic amines is 1. The number of hydrogen-bond donors (Lipinski definition) is 1. The second kappa shape index (κ2) is 3.60. The molecule has 0 amide bonds. The first-order chi connectivity index (χ1) is 8.18. The minimum Gasteiger partial charge on any atom is -0.278 e. The molecule has 85 valence electrons. The molecule has 0 aliphatic carbocycles. The van der Waals surface area contributed by atoms with Crippen molar-refractivity contribution in [2.24, 2.45) is 0 Å². The minimum absolute atomic E-state index is 0.694. The number of nitrogens with zero attached hydrogens (tertiary/aromatic N) is 3. The van der Waals surface area contributed by atoms with Crippen molar-refractivity contribution < 1.29 is 0 Å². The van der Waals surface area contributed by atoms with Gasteiger partial charge in [-0.3, -0.25) is 5.10 Å².